The van der Waals surface area contributed by atoms with Crippen LogP contribution in [-0.2, 0) is 0 Å². The van der Waals surface area contributed by atoms with Gasteiger partial charge in [0.25, 0.3) is 5.91 Å². The van der Waals surface area contributed by atoms with Crippen LogP contribution in [0.2, 0.25) is 0 Å². The van der Waals surface area contributed by atoms with E-state index in [1.54, 1.807) is 0 Å². The summed E-state index contributed by atoms with van der Waals surface area (Å²) in [5.74, 6) is 0.657. The van der Waals surface area contributed by atoms with Crippen LogP contribution in [0.4, 0.5) is 0 Å². The van der Waals surface area contributed by atoms with E-state index in [4.69, 9.17) is 0 Å². The first-order valence-corrected chi connectivity index (χ1v) is 7.50. The molecule has 1 unspecified atom stereocenters. The van der Waals surface area contributed by atoms with Gasteiger partial charge in [-0.15, -0.1) is 0 Å². The third-order valence-electron chi connectivity index (χ3n) is 4.47. The normalized spacial score (nSPS) is 16.4. The number of hydrogen-bond acceptors (Lipinski definition) is 1. The van der Waals surface area contributed by atoms with E-state index in [9.17, 15) is 4.79 Å². The first kappa shape index (κ1) is 13.2. The van der Waals surface area contributed by atoms with Crippen molar-refractivity contribution in [1.82, 2.24) is 9.88 Å². The number of hydrogen-bond donors (Lipinski definition) is 1. The van der Waals surface area contributed by atoms with Crippen LogP contribution in [0.3, 0.4) is 0 Å². The molecule has 1 amide bonds. The number of nitrogens with zero attached hydrogens (tertiary/aromatic N) is 1. The smallest absolute Gasteiger partial charge is 0.270 e. The molecule has 1 aromatic carbocycles. The predicted molar refractivity (Wildman–Crippen MR) is 82.1 cm³/mol. The fourth-order valence-electron chi connectivity index (χ4n) is 2.62. The largest absolute Gasteiger partial charge is 0.351 e. The molecule has 1 aliphatic rings. The van der Waals surface area contributed by atoms with Gasteiger partial charge in [-0.05, 0) is 42.9 Å². The lowest BCUT2D eigenvalue weighted by Gasteiger charge is -2.14. The Labute approximate surface area is 120 Å². The summed E-state index contributed by atoms with van der Waals surface area (Å²) in [6, 6.07) is 8.88. The third-order valence-corrected chi connectivity index (χ3v) is 4.47. The molecule has 0 radical (unpaired) electrons. The van der Waals surface area contributed by atoms with Crippen LogP contribution in [0.25, 0.3) is 10.9 Å². The van der Waals surface area contributed by atoms with Crippen LogP contribution in [0.5, 0.6) is 0 Å². The number of H-pyrrole nitrogens is 1. The zero-order valence-corrected chi connectivity index (χ0v) is 12.4. The lowest BCUT2D eigenvalue weighted by atomic mass is 9.98. The maximum absolute atomic E-state index is 12.4. The van der Waals surface area contributed by atoms with Gasteiger partial charge in [0.05, 0.1) is 0 Å². The Balaban J connectivity index is 1.91. The Kier molecular flexibility index (Phi) is 3.28. The molecule has 0 bridgehead atoms. The highest BCUT2D eigenvalue weighted by Crippen LogP contribution is 2.28. The Hall–Kier alpha value is -1.77. The van der Waals surface area contributed by atoms with Crippen molar-refractivity contribution >= 4 is 16.8 Å². The Morgan fingerprint density at radius 1 is 1.40 bits per heavy atom. The molecule has 0 spiro atoms. The number of carbonyl (C=O) groups is 1. The van der Waals surface area contributed by atoms with E-state index in [0.29, 0.717) is 17.7 Å². The molecule has 0 aliphatic heterocycles. The van der Waals surface area contributed by atoms with E-state index in [1.807, 2.05) is 18.0 Å². The summed E-state index contributed by atoms with van der Waals surface area (Å²) in [5.41, 5.74) is 3.10. The molecule has 106 valence electrons. The number of carbonyl (C=O) groups excluding carboxylic acids is 1. The second-order valence-electron chi connectivity index (χ2n) is 5.99. The van der Waals surface area contributed by atoms with Crippen molar-refractivity contribution < 1.29 is 4.79 Å². The second kappa shape index (κ2) is 4.97. The fraction of sp³-hybridized carbons (Fsp3) is 0.471. The van der Waals surface area contributed by atoms with Crippen LogP contribution in [-0.4, -0.2) is 28.9 Å². The number of amides is 1. The Morgan fingerprint density at radius 3 is 2.80 bits per heavy atom. The van der Waals surface area contributed by atoms with Gasteiger partial charge in [0.15, 0.2) is 0 Å². The number of fused-ring (bicyclic) bond motifs is 1. The van der Waals surface area contributed by atoms with Crippen molar-refractivity contribution in [3.63, 3.8) is 0 Å². The molecule has 2 aromatic rings. The number of aromatic amines is 1. The standard InChI is InChI=1S/C17H22N2O/c1-4-11(2)12-5-6-13-10-16(18-15(13)9-12)17(20)19(3)14-7-8-14/h5-6,9-11,14,18H,4,7-8H2,1-3H3. The Bertz CT molecular complexity index is 639. The summed E-state index contributed by atoms with van der Waals surface area (Å²) in [7, 11) is 1.90. The lowest BCUT2D eigenvalue weighted by molar-refractivity contribution is 0.0780. The summed E-state index contributed by atoms with van der Waals surface area (Å²) in [6.07, 6.45) is 3.41. The van der Waals surface area contributed by atoms with Gasteiger partial charge in [0.2, 0.25) is 0 Å². The maximum Gasteiger partial charge on any atom is 0.270 e. The van der Waals surface area contributed by atoms with E-state index >= 15 is 0 Å². The van der Waals surface area contributed by atoms with Crippen molar-refractivity contribution in [2.24, 2.45) is 0 Å². The molecule has 3 rings (SSSR count). The van der Waals surface area contributed by atoms with Crippen molar-refractivity contribution in [1.29, 1.82) is 0 Å². The molecule has 1 atom stereocenters. The molecule has 20 heavy (non-hydrogen) atoms. The molecule has 1 saturated carbocycles. The monoisotopic (exact) mass is 270 g/mol. The van der Waals surface area contributed by atoms with Crippen molar-refractivity contribution in [3.05, 3.63) is 35.5 Å². The zero-order valence-electron chi connectivity index (χ0n) is 12.4. The first-order valence-electron chi connectivity index (χ1n) is 7.50. The highest BCUT2D eigenvalue weighted by Gasteiger charge is 2.30. The molecular weight excluding hydrogens is 248 g/mol. The van der Waals surface area contributed by atoms with Crippen LogP contribution < -0.4 is 0 Å². The van der Waals surface area contributed by atoms with Crippen molar-refractivity contribution in [2.75, 3.05) is 7.05 Å². The molecule has 3 heteroatoms. The van der Waals surface area contributed by atoms with Gasteiger partial charge < -0.3 is 9.88 Å². The topological polar surface area (TPSA) is 36.1 Å². The SMILES string of the molecule is CCC(C)c1ccc2cc(C(=O)N(C)C3CC3)[nH]c2c1. The molecule has 1 aromatic heterocycles. The first-order chi connectivity index (χ1) is 9.60. The quantitative estimate of drug-likeness (QED) is 0.898. The molecule has 1 heterocycles. The highest BCUT2D eigenvalue weighted by atomic mass is 16.2. The van der Waals surface area contributed by atoms with Crippen LogP contribution in [0, 0.1) is 0 Å². The molecule has 1 fully saturated rings. The molecular formula is C17H22N2O. The van der Waals surface area contributed by atoms with Gasteiger partial charge in [0, 0.05) is 24.0 Å². The molecule has 1 aliphatic carbocycles. The summed E-state index contributed by atoms with van der Waals surface area (Å²) >= 11 is 0. The van der Waals surface area contributed by atoms with Crippen LogP contribution >= 0.6 is 0 Å². The molecule has 3 nitrogen and oxygen atoms in total. The number of rotatable bonds is 4. The van der Waals surface area contributed by atoms with E-state index in [0.717, 1.165) is 30.2 Å². The van der Waals surface area contributed by atoms with E-state index in [1.165, 1.54) is 5.56 Å². The van der Waals surface area contributed by atoms with E-state index < -0.39 is 0 Å². The minimum atomic E-state index is 0.105. The molecule has 0 saturated heterocycles. The summed E-state index contributed by atoms with van der Waals surface area (Å²) in [5, 5.41) is 1.12. The summed E-state index contributed by atoms with van der Waals surface area (Å²) in [6.45, 7) is 4.43. The van der Waals surface area contributed by atoms with Gasteiger partial charge in [0.1, 0.15) is 5.69 Å². The van der Waals surface area contributed by atoms with E-state index in [2.05, 4.69) is 37.0 Å². The van der Waals surface area contributed by atoms with Crippen molar-refractivity contribution in [2.45, 2.75) is 45.1 Å². The minimum Gasteiger partial charge on any atom is -0.351 e. The van der Waals surface area contributed by atoms with Gasteiger partial charge in [-0.25, -0.2) is 0 Å². The van der Waals surface area contributed by atoms with Crippen LogP contribution in [0.15, 0.2) is 24.3 Å². The number of nitrogens with one attached hydrogen (secondary N) is 1. The maximum atomic E-state index is 12.4. The van der Waals surface area contributed by atoms with Gasteiger partial charge in [-0.2, -0.15) is 0 Å². The second-order valence-corrected chi connectivity index (χ2v) is 5.99. The summed E-state index contributed by atoms with van der Waals surface area (Å²) < 4.78 is 0. The average Bonchev–Trinajstić information content (AvgIpc) is 3.23. The van der Waals surface area contributed by atoms with Gasteiger partial charge in [-0.1, -0.05) is 26.0 Å². The van der Waals surface area contributed by atoms with Crippen LogP contribution in [0.1, 0.15) is 55.1 Å². The zero-order chi connectivity index (χ0) is 14.3. The van der Waals surface area contributed by atoms with Crippen molar-refractivity contribution in [3.8, 4) is 0 Å². The predicted octanol–water partition coefficient (Wildman–Crippen LogP) is 3.92. The highest BCUT2D eigenvalue weighted by molar-refractivity contribution is 5.98. The van der Waals surface area contributed by atoms with Gasteiger partial charge in [-0.3, -0.25) is 4.79 Å². The fourth-order valence-corrected chi connectivity index (χ4v) is 2.62. The third kappa shape index (κ3) is 2.33. The molecule has 1 N–H and O–H groups in total. The number of benzene rings is 1. The lowest BCUT2D eigenvalue weighted by Crippen LogP contribution is -2.28. The van der Waals surface area contributed by atoms with Gasteiger partial charge >= 0.3 is 0 Å². The van der Waals surface area contributed by atoms with E-state index in [-0.39, 0.29) is 5.91 Å². The Morgan fingerprint density at radius 2 is 2.15 bits per heavy atom. The number of aromatic nitrogens is 1. The summed E-state index contributed by atoms with van der Waals surface area (Å²) in [4.78, 5) is 17.5. The average molecular weight is 270 g/mol. The minimum absolute atomic E-state index is 0.105.